The Kier molecular flexibility index (Phi) is 3.38. The van der Waals surface area contributed by atoms with Crippen molar-refractivity contribution in [3.63, 3.8) is 0 Å². The third-order valence-electron chi connectivity index (χ3n) is 2.60. The fourth-order valence-corrected chi connectivity index (χ4v) is 1.83. The molecule has 3 nitrogen and oxygen atoms in total. The standard InChI is InChI=1S/C11H16N2OS/c1-12(15)10-2-4-11(5-3-10)13-6-8-14-9-7-13/h2-5,15H,6-9H2,1H3. The summed E-state index contributed by atoms with van der Waals surface area (Å²) >= 11 is 4.25. The zero-order chi connectivity index (χ0) is 10.7. The lowest BCUT2D eigenvalue weighted by atomic mass is 10.2. The zero-order valence-corrected chi connectivity index (χ0v) is 9.78. The van der Waals surface area contributed by atoms with Gasteiger partial charge in [0.1, 0.15) is 0 Å². The molecule has 0 amide bonds. The molecule has 15 heavy (non-hydrogen) atoms. The van der Waals surface area contributed by atoms with Gasteiger partial charge in [0.2, 0.25) is 0 Å². The Hall–Kier alpha value is -0.870. The van der Waals surface area contributed by atoms with Crippen molar-refractivity contribution in [1.82, 2.24) is 0 Å². The molecule has 0 bridgehead atoms. The normalized spacial score (nSPS) is 16.5. The number of ether oxygens (including phenoxy) is 1. The summed E-state index contributed by atoms with van der Waals surface area (Å²) in [5.41, 5.74) is 2.37. The molecule has 2 rings (SSSR count). The molecule has 1 fully saturated rings. The molecule has 82 valence electrons. The lowest BCUT2D eigenvalue weighted by Gasteiger charge is -2.29. The highest BCUT2D eigenvalue weighted by molar-refractivity contribution is 7.81. The van der Waals surface area contributed by atoms with E-state index in [2.05, 4.69) is 42.0 Å². The highest BCUT2D eigenvalue weighted by atomic mass is 32.1. The molecule has 4 heteroatoms. The Balaban J connectivity index is 2.08. The minimum absolute atomic E-state index is 0.828. The Morgan fingerprint density at radius 1 is 1.20 bits per heavy atom. The van der Waals surface area contributed by atoms with Gasteiger partial charge in [-0.2, -0.15) is 0 Å². The van der Waals surface area contributed by atoms with Crippen LogP contribution in [0.4, 0.5) is 11.4 Å². The Bertz CT molecular complexity index is 307. The smallest absolute Gasteiger partial charge is 0.0642 e. The van der Waals surface area contributed by atoms with Gasteiger partial charge in [0.25, 0.3) is 0 Å². The Labute approximate surface area is 96.2 Å². The largest absolute Gasteiger partial charge is 0.378 e. The molecule has 1 aromatic rings. The lowest BCUT2D eigenvalue weighted by Crippen LogP contribution is -2.36. The van der Waals surface area contributed by atoms with E-state index in [-0.39, 0.29) is 0 Å². The van der Waals surface area contributed by atoms with Gasteiger partial charge in [0, 0.05) is 31.5 Å². The van der Waals surface area contributed by atoms with Crippen LogP contribution < -0.4 is 9.21 Å². The third-order valence-corrected chi connectivity index (χ3v) is 2.83. The number of hydrogen-bond acceptors (Lipinski definition) is 4. The van der Waals surface area contributed by atoms with Gasteiger partial charge in [-0.25, -0.2) is 0 Å². The summed E-state index contributed by atoms with van der Waals surface area (Å²) in [5.74, 6) is 0. The number of benzene rings is 1. The molecule has 1 aliphatic heterocycles. The number of thiol groups is 1. The van der Waals surface area contributed by atoms with Crippen LogP contribution in [0.25, 0.3) is 0 Å². The summed E-state index contributed by atoms with van der Waals surface area (Å²) < 4.78 is 7.13. The van der Waals surface area contributed by atoms with Crippen molar-refractivity contribution in [1.29, 1.82) is 0 Å². The van der Waals surface area contributed by atoms with Gasteiger partial charge in [0.15, 0.2) is 0 Å². The summed E-state index contributed by atoms with van der Waals surface area (Å²) in [7, 11) is 1.92. The number of morpholine rings is 1. The fraction of sp³-hybridized carbons (Fsp3) is 0.455. The van der Waals surface area contributed by atoms with Gasteiger partial charge in [-0.05, 0) is 24.3 Å². The maximum absolute atomic E-state index is 5.32. The second-order valence-electron chi connectivity index (χ2n) is 3.64. The van der Waals surface area contributed by atoms with Gasteiger partial charge in [-0.1, -0.05) is 12.8 Å². The maximum Gasteiger partial charge on any atom is 0.0642 e. The van der Waals surface area contributed by atoms with Crippen LogP contribution in [0.5, 0.6) is 0 Å². The van der Waals surface area contributed by atoms with Crippen molar-refractivity contribution in [2.24, 2.45) is 0 Å². The Morgan fingerprint density at radius 3 is 2.33 bits per heavy atom. The van der Waals surface area contributed by atoms with E-state index in [1.807, 2.05) is 11.4 Å². The van der Waals surface area contributed by atoms with Crippen LogP contribution in [0.3, 0.4) is 0 Å². The quantitative estimate of drug-likeness (QED) is 0.771. The van der Waals surface area contributed by atoms with E-state index in [0.717, 1.165) is 32.0 Å². The van der Waals surface area contributed by atoms with E-state index in [0.29, 0.717) is 0 Å². The SMILES string of the molecule is CN(S)c1ccc(N2CCOCC2)cc1. The van der Waals surface area contributed by atoms with Crippen LogP contribution in [-0.2, 0) is 4.74 Å². The first-order chi connectivity index (χ1) is 7.27. The molecule has 0 spiro atoms. The third kappa shape index (κ3) is 2.58. The average Bonchev–Trinajstić information content (AvgIpc) is 2.30. The number of rotatable bonds is 2. The van der Waals surface area contributed by atoms with Gasteiger partial charge in [-0.3, -0.25) is 0 Å². The summed E-state index contributed by atoms with van der Waals surface area (Å²) in [4.78, 5) is 2.34. The second-order valence-corrected chi connectivity index (χ2v) is 4.24. The molecule has 1 heterocycles. The van der Waals surface area contributed by atoms with Crippen LogP contribution in [0.2, 0.25) is 0 Å². The van der Waals surface area contributed by atoms with Crippen LogP contribution in [-0.4, -0.2) is 33.4 Å². The average molecular weight is 224 g/mol. The van der Waals surface area contributed by atoms with Crippen molar-refractivity contribution < 1.29 is 4.74 Å². The predicted molar refractivity (Wildman–Crippen MR) is 66.9 cm³/mol. The van der Waals surface area contributed by atoms with Crippen molar-refractivity contribution in [3.8, 4) is 0 Å². The van der Waals surface area contributed by atoms with Crippen LogP contribution in [0.15, 0.2) is 24.3 Å². The monoisotopic (exact) mass is 224 g/mol. The topological polar surface area (TPSA) is 15.7 Å². The summed E-state index contributed by atoms with van der Waals surface area (Å²) in [6, 6.07) is 8.43. The summed E-state index contributed by atoms with van der Waals surface area (Å²) in [6.07, 6.45) is 0. The van der Waals surface area contributed by atoms with Gasteiger partial charge in [0.05, 0.1) is 13.2 Å². The first-order valence-electron chi connectivity index (χ1n) is 5.13. The van der Waals surface area contributed by atoms with E-state index >= 15 is 0 Å². The van der Waals surface area contributed by atoms with Gasteiger partial charge >= 0.3 is 0 Å². The van der Waals surface area contributed by atoms with Crippen molar-refractivity contribution in [2.75, 3.05) is 42.6 Å². The molecular weight excluding hydrogens is 208 g/mol. The zero-order valence-electron chi connectivity index (χ0n) is 8.89. The molecule has 1 aromatic carbocycles. The molecule has 1 aliphatic rings. The fourth-order valence-electron chi connectivity index (χ4n) is 1.70. The van der Waals surface area contributed by atoms with Gasteiger partial charge in [-0.15, -0.1) is 0 Å². The van der Waals surface area contributed by atoms with Crippen LogP contribution in [0.1, 0.15) is 0 Å². The molecule has 0 saturated carbocycles. The molecule has 0 unspecified atom stereocenters. The minimum Gasteiger partial charge on any atom is -0.378 e. The van der Waals surface area contributed by atoms with Crippen LogP contribution >= 0.6 is 12.8 Å². The summed E-state index contributed by atoms with van der Waals surface area (Å²) in [5, 5.41) is 0. The van der Waals surface area contributed by atoms with Crippen molar-refractivity contribution in [2.45, 2.75) is 0 Å². The van der Waals surface area contributed by atoms with Crippen LogP contribution in [0, 0.1) is 0 Å². The van der Waals surface area contributed by atoms with E-state index in [4.69, 9.17) is 4.74 Å². The minimum atomic E-state index is 0.828. The lowest BCUT2D eigenvalue weighted by molar-refractivity contribution is 0.122. The van der Waals surface area contributed by atoms with E-state index in [1.54, 1.807) is 0 Å². The van der Waals surface area contributed by atoms with E-state index in [9.17, 15) is 0 Å². The van der Waals surface area contributed by atoms with Crippen molar-refractivity contribution >= 4 is 24.2 Å². The number of nitrogens with zero attached hydrogens (tertiary/aromatic N) is 2. The second kappa shape index (κ2) is 4.77. The first kappa shape index (κ1) is 10.6. The number of hydrogen-bond donors (Lipinski definition) is 1. The first-order valence-corrected chi connectivity index (χ1v) is 5.53. The maximum atomic E-state index is 5.32. The van der Waals surface area contributed by atoms with Gasteiger partial charge < -0.3 is 13.9 Å². The van der Waals surface area contributed by atoms with E-state index < -0.39 is 0 Å². The van der Waals surface area contributed by atoms with Crippen molar-refractivity contribution in [3.05, 3.63) is 24.3 Å². The predicted octanol–water partition coefficient (Wildman–Crippen LogP) is 1.80. The molecular formula is C11H16N2OS. The molecule has 0 radical (unpaired) electrons. The molecule has 0 aromatic heterocycles. The molecule has 1 saturated heterocycles. The number of anilines is 2. The molecule has 0 aliphatic carbocycles. The Morgan fingerprint density at radius 2 is 1.80 bits per heavy atom. The van der Waals surface area contributed by atoms with E-state index in [1.165, 1.54) is 5.69 Å². The summed E-state index contributed by atoms with van der Waals surface area (Å²) in [6.45, 7) is 3.62. The highest BCUT2D eigenvalue weighted by Crippen LogP contribution is 2.21. The molecule has 0 atom stereocenters. The molecule has 0 N–H and O–H groups in total. The highest BCUT2D eigenvalue weighted by Gasteiger charge is 2.10.